The average Bonchev–Trinajstić information content (AvgIpc) is 2.71. The first-order chi connectivity index (χ1) is 14.4. The van der Waals surface area contributed by atoms with Crippen molar-refractivity contribution in [3.8, 4) is 0 Å². The summed E-state index contributed by atoms with van der Waals surface area (Å²) in [6.45, 7) is 4.82. The van der Waals surface area contributed by atoms with E-state index in [4.69, 9.17) is 15.9 Å². The second-order valence-electron chi connectivity index (χ2n) is 7.32. The van der Waals surface area contributed by atoms with Crippen molar-refractivity contribution in [1.82, 2.24) is 16.0 Å². The van der Waals surface area contributed by atoms with Gasteiger partial charge in [0.2, 0.25) is 17.7 Å². The maximum Gasteiger partial charge on any atom is 0.325 e. The molecule has 0 fully saturated rings. The van der Waals surface area contributed by atoms with Gasteiger partial charge in [0, 0.05) is 6.42 Å². The fraction of sp³-hybridized carbons (Fsp3) is 0.737. The van der Waals surface area contributed by atoms with Crippen LogP contribution in [0.2, 0.25) is 0 Å². The van der Waals surface area contributed by atoms with Crippen LogP contribution in [-0.2, 0) is 24.0 Å². The molecule has 12 heteroatoms. The molecule has 3 amide bonds. The van der Waals surface area contributed by atoms with Crippen molar-refractivity contribution in [2.45, 2.75) is 70.6 Å². The number of carboxylic acid groups (broad SMARTS) is 2. The van der Waals surface area contributed by atoms with Crippen LogP contribution in [0.5, 0.6) is 0 Å². The molecule has 0 aliphatic rings. The van der Waals surface area contributed by atoms with Crippen LogP contribution in [0.3, 0.4) is 0 Å². The third-order valence-electron chi connectivity index (χ3n) is 4.77. The van der Waals surface area contributed by atoms with Crippen LogP contribution in [0.15, 0.2) is 0 Å². The van der Waals surface area contributed by atoms with E-state index in [0.717, 1.165) is 0 Å². The number of nitrogens with two attached hydrogens (primary N) is 1. The molecule has 0 saturated heterocycles. The van der Waals surface area contributed by atoms with Gasteiger partial charge in [0.1, 0.15) is 18.1 Å². The molecule has 0 aromatic rings. The smallest absolute Gasteiger partial charge is 0.325 e. The summed E-state index contributed by atoms with van der Waals surface area (Å²) < 4.78 is 0. The lowest BCUT2D eigenvalue weighted by molar-refractivity contribution is -0.142. The van der Waals surface area contributed by atoms with Gasteiger partial charge >= 0.3 is 11.9 Å². The molecule has 0 spiro atoms. The number of carboxylic acids is 2. The van der Waals surface area contributed by atoms with E-state index in [0.29, 0.717) is 18.6 Å². The summed E-state index contributed by atoms with van der Waals surface area (Å²) in [7, 11) is 0. The SMILES string of the molecule is CCC(C)C(NC(=O)C(N)CCSC)C(=O)NC(CCC(=O)O)C(=O)NC(C)C(=O)O. The zero-order chi connectivity index (χ0) is 24.1. The predicted octanol–water partition coefficient (Wildman–Crippen LogP) is -0.463. The van der Waals surface area contributed by atoms with E-state index in [2.05, 4.69) is 16.0 Å². The number of hydrogen-bond acceptors (Lipinski definition) is 7. The Morgan fingerprint density at radius 1 is 0.935 bits per heavy atom. The maximum atomic E-state index is 12.9. The first kappa shape index (κ1) is 28.7. The van der Waals surface area contributed by atoms with Crippen LogP contribution in [-0.4, -0.2) is 76.0 Å². The first-order valence-corrected chi connectivity index (χ1v) is 11.4. The monoisotopic (exact) mass is 462 g/mol. The van der Waals surface area contributed by atoms with Crippen molar-refractivity contribution >= 4 is 41.4 Å². The highest BCUT2D eigenvalue weighted by Gasteiger charge is 2.32. The molecular formula is C19H34N4O7S. The second kappa shape index (κ2) is 14.6. The number of amides is 3. The Labute approximate surface area is 186 Å². The Morgan fingerprint density at radius 3 is 2.03 bits per heavy atom. The lowest BCUT2D eigenvalue weighted by Gasteiger charge is -2.27. The van der Waals surface area contributed by atoms with Crippen molar-refractivity contribution in [2.75, 3.05) is 12.0 Å². The molecule has 5 atom stereocenters. The van der Waals surface area contributed by atoms with E-state index >= 15 is 0 Å². The van der Waals surface area contributed by atoms with Crippen molar-refractivity contribution in [3.63, 3.8) is 0 Å². The van der Waals surface area contributed by atoms with Crippen molar-refractivity contribution in [2.24, 2.45) is 11.7 Å². The summed E-state index contributed by atoms with van der Waals surface area (Å²) in [5.41, 5.74) is 5.86. The number of carbonyl (C=O) groups excluding carboxylic acids is 3. The van der Waals surface area contributed by atoms with Gasteiger partial charge in [-0.2, -0.15) is 11.8 Å². The van der Waals surface area contributed by atoms with Gasteiger partial charge in [0.15, 0.2) is 0 Å². The molecule has 31 heavy (non-hydrogen) atoms. The number of rotatable bonds is 15. The van der Waals surface area contributed by atoms with Crippen LogP contribution in [0.25, 0.3) is 0 Å². The Morgan fingerprint density at radius 2 is 1.55 bits per heavy atom. The summed E-state index contributed by atoms with van der Waals surface area (Å²) in [6.07, 6.45) is 2.19. The van der Waals surface area contributed by atoms with Crippen molar-refractivity contribution < 1.29 is 34.2 Å². The van der Waals surface area contributed by atoms with Gasteiger partial charge in [-0.25, -0.2) is 0 Å². The minimum atomic E-state index is -1.28. The lowest BCUT2D eigenvalue weighted by Crippen LogP contribution is -2.58. The molecule has 0 aromatic heterocycles. The largest absolute Gasteiger partial charge is 0.481 e. The van der Waals surface area contributed by atoms with E-state index in [1.165, 1.54) is 18.7 Å². The number of carbonyl (C=O) groups is 5. The van der Waals surface area contributed by atoms with Crippen LogP contribution >= 0.6 is 11.8 Å². The van der Waals surface area contributed by atoms with E-state index in [1.54, 1.807) is 6.92 Å². The van der Waals surface area contributed by atoms with E-state index in [9.17, 15) is 24.0 Å². The highest BCUT2D eigenvalue weighted by molar-refractivity contribution is 7.98. The van der Waals surface area contributed by atoms with Crippen LogP contribution in [0, 0.1) is 5.92 Å². The van der Waals surface area contributed by atoms with Gasteiger partial charge in [-0.3, -0.25) is 24.0 Å². The molecule has 178 valence electrons. The molecule has 0 aromatic carbocycles. The summed E-state index contributed by atoms with van der Waals surface area (Å²) >= 11 is 1.54. The molecular weight excluding hydrogens is 428 g/mol. The van der Waals surface area contributed by atoms with Crippen LogP contribution < -0.4 is 21.7 Å². The summed E-state index contributed by atoms with van der Waals surface area (Å²) in [5, 5.41) is 25.2. The van der Waals surface area contributed by atoms with E-state index in [-0.39, 0.29) is 12.3 Å². The highest BCUT2D eigenvalue weighted by atomic mass is 32.2. The standard InChI is InChI=1S/C19H34N4O7S/c1-5-10(2)15(23-16(26)12(20)8-9-31-4)18(28)22-13(6-7-14(24)25)17(27)21-11(3)19(29)30/h10-13,15H,5-9,20H2,1-4H3,(H,21,27)(H,22,28)(H,23,26)(H,24,25)(H,29,30). The highest BCUT2D eigenvalue weighted by Crippen LogP contribution is 2.10. The molecule has 0 aliphatic carbocycles. The van der Waals surface area contributed by atoms with Crippen molar-refractivity contribution in [1.29, 1.82) is 0 Å². The molecule has 0 bridgehead atoms. The van der Waals surface area contributed by atoms with Crippen LogP contribution in [0.4, 0.5) is 0 Å². The Kier molecular flexibility index (Phi) is 13.5. The Balaban J connectivity index is 5.40. The molecule has 11 nitrogen and oxygen atoms in total. The predicted molar refractivity (Wildman–Crippen MR) is 116 cm³/mol. The first-order valence-electron chi connectivity index (χ1n) is 10.0. The normalized spacial score (nSPS) is 15.6. The number of hydrogen-bond donors (Lipinski definition) is 6. The quantitative estimate of drug-likeness (QED) is 0.187. The van der Waals surface area contributed by atoms with Gasteiger partial charge in [0.25, 0.3) is 0 Å². The minimum Gasteiger partial charge on any atom is -0.481 e. The number of aliphatic carboxylic acids is 2. The molecule has 0 aliphatic heterocycles. The zero-order valence-corrected chi connectivity index (χ0v) is 19.2. The van der Waals surface area contributed by atoms with Crippen molar-refractivity contribution in [3.05, 3.63) is 0 Å². The van der Waals surface area contributed by atoms with Crippen LogP contribution in [0.1, 0.15) is 46.5 Å². The lowest BCUT2D eigenvalue weighted by atomic mass is 9.97. The van der Waals surface area contributed by atoms with Gasteiger partial charge in [0.05, 0.1) is 6.04 Å². The second-order valence-corrected chi connectivity index (χ2v) is 8.31. The zero-order valence-electron chi connectivity index (χ0n) is 18.3. The fourth-order valence-corrected chi connectivity index (χ4v) is 3.00. The fourth-order valence-electron chi connectivity index (χ4n) is 2.51. The van der Waals surface area contributed by atoms with E-state index < -0.39 is 60.2 Å². The van der Waals surface area contributed by atoms with Gasteiger partial charge in [-0.1, -0.05) is 20.3 Å². The number of nitrogens with one attached hydrogen (secondary N) is 3. The Bertz CT molecular complexity index is 647. The number of thioether (sulfide) groups is 1. The summed E-state index contributed by atoms with van der Waals surface area (Å²) in [4.78, 5) is 59.6. The molecule has 0 rings (SSSR count). The van der Waals surface area contributed by atoms with Gasteiger partial charge in [-0.15, -0.1) is 0 Å². The topological polar surface area (TPSA) is 188 Å². The Hall–Kier alpha value is -2.34. The summed E-state index contributed by atoms with van der Waals surface area (Å²) in [6, 6.07) is -4.29. The average molecular weight is 463 g/mol. The molecule has 0 saturated carbocycles. The molecule has 7 N–H and O–H groups in total. The van der Waals surface area contributed by atoms with E-state index in [1.807, 2.05) is 13.2 Å². The van der Waals surface area contributed by atoms with Gasteiger partial charge in [-0.05, 0) is 37.7 Å². The molecule has 0 heterocycles. The summed E-state index contributed by atoms with van der Waals surface area (Å²) in [5.74, 6) is -4.07. The molecule has 5 unspecified atom stereocenters. The third kappa shape index (κ3) is 11.0. The minimum absolute atomic E-state index is 0.242. The molecule has 0 radical (unpaired) electrons. The van der Waals surface area contributed by atoms with Gasteiger partial charge < -0.3 is 31.9 Å². The third-order valence-corrected chi connectivity index (χ3v) is 5.42. The maximum absolute atomic E-state index is 12.9.